The van der Waals surface area contributed by atoms with E-state index in [1.807, 2.05) is 48.3 Å². The number of fused-ring (bicyclic) bond motifs is 1. The van der Waals surface area contributed by atoms with Crippen molar-refractivity contribution < 1.29 is 14.3 Å². The molecule has 4 heterocycles. The van der Waals surface area contributed by atoms with E-state index in [0.29, 0.717) is 29.1 Å². The molecule has 0 unspecified atom stereocenters. The highest BCUT2D eigenvalue weighted by Crippen LogP contribution is 2.39. The minimum Gasteiger partial charge on any atom is -0.494 e. The molecule has 0 saturated carbocycles. The van der Waals surface area contributed by atoms with E-state index in [0.717, 1.165) is 80.1 Å². The maximum atomic E-state index is 12.4. The van der Waals surface area contributed by atoms with Crippen LogP contribution in [0.2, 0.25) is 0 Å². The summed E-state index contributed by atoms with van der Waals surface area (Å²) < 4.78 is 13.2. The predicted molar refractivity (Wildman–Crippen MR) is 164 cm³/mol. The first-order valence-corrected chi connectivity index (χ1v) is 14.3. The van der Waals surface area contributed by atoms with Gasteiger partial charge in [0.25, 0.3) is 0 Å². The number of aryl methyl sites for hydroxylation is 1. The van der Waals surface area contributed by atoms with Crippen molar-refractivity contribution in [2.24, 2.45) is 7.05 Å². The minimum atomic E-state index is -0.280. The summed E-state index contributed by atoms with van der Waals surface area (Å²) in [5.41, 5.74) is 4.99. The molecule has 4 aromatic rings. The lowest BCUT2D eigenvalue weighted by Crippen LogP contribution is -2.51. The quantitative estimate of drug-likeness (QED) is 0.302. The van der Waals surface area contributed by atoms with Crippen LogP contribution in [0.3, 0.4) is 0 Å². The minimum absolute atomic E-state index is 0.280. The Morgan fingerprint density at radius 3 is 2.67 bits per heavy atom. The number of hydrogen-bond donors (Lipinski definition) is 2. The standard InChI is InChI=1S/C31H36N8O3/c1-4-30(40)34-25-18-26(29(41-3)19-28(25)39-13-11-38(12-14-39)23-8-15-42-16-9-23)36-31-32-10-7-24(35-31)21-5-6-27-22(17-21)20-33-37(27)2/h4-7,10,17-20,23H,1,8-9,11-16H2,2-3H3,(H,34,40)(H,32,35,36). The fourth-order valence-electron chi connectivity index (χ4n) is 5.78. The molecule has 2 fully saturated rings. The first-order valence-electron chi connectivity index (χ1n) is 14.3. The third kappa shape index (κ3) is 5.79. The van der Waals surface area contributed by atoms with E-state index in [-0.39, 0.29) is 5.91 Å². The van der Waals surface area contributed by atoms with Gasteiger partial charge < -0.3 is 25.0 Å². The molecule has 2 aliphatic heterocycles. The van der Waals surface area contributed by atoms with E-state index >= 15 is 0 Å². The first-order chi connectivity index (χ1) is 20.5. The number of nitrogens with zero attached hydrogens (tertiary/aromatic N) is 6. The lowest BCUT2D eigenvalue weighted by Gasteiger charge is -2.42. The molecular weight excluding hydrogens is 532 g/mol. The summed E-state index contributed by atoms with van der Waals surface area (Å²) in [6.07, 6.45) is 7.00. The fourth-order valence-corrected chi connectivity index (χ4v) is 5.78. The predicted octanol–water partition coefficient (Wildman–Crippen LogP) is 4.21. The number of piperazine rings is 1. The number of ether oxygens (including phenoxy) is 2. The number of amides is 1. The summed E-state index contributed by atoms with van der Waals surface area (Å²) in [6, 6.07) is 12.4. The van der Waals surface area contributed by atoms with Gasteiger partial charge in [0.2, 0.25) is 11.9 Å². The summed E-state index contributed by atoms with van der Waals surface area (Å²) in [6.45, 7) is 8.89. The van der Waals surface area contributed by atoms with Gasteiger partial charge in [-0.1, -0.05) is 12.6 Å². The summed E-state index contributed by atoms with van der Waals surface area (Å²) >= 11 is 0. The number of carbonyl (C=O) groups excluding carboxylic acids is 1. The molecule has 11 heteroatoms. The van der Waals surface area contributed by atoms with Gasteiger partial charge in [-0.2, -0.15) is 5.10 Å². The van der Waals surface area contributed by atoms with Crippen molar-refractivity contribution in [1.29, 1.82) is 0 Å². The molecule has 11 nitrogen and oxygen atoms in total. The topological polar surface area (TPSA) is 110 Å². The molecule has 2 N–H and O–H groups in total. The van der Waals surface area contributed by atoms with Gasteiger partial charge in [-0.15, -0.1) is 0 Å². The Morgan fingerprint density at radius 1 is 1.10 bits per heavy atom. The Balaban J connectivity index is 1.26. The van der Waals surface area contributed by atoms with E-state index < -0.39 is 0 Å². The highest BCUT2D eigenvalue weighted by Gasteiger charge is 2.27. The van der Waals surface area contributed by atoms with Crippen molar-refractivity contribution >= 4 is 39.8 Å². The maximum absolute atomic E-state index is 12.4. The van der Waals surface area contributed by atoms with Crippen LogP contribution in [0.15, 0.2) is 61.4 Å². The van der Waals surface area contributed by atoms with Crippen LogP contribution in [-0.2, 0) is 16.6 Å². The van der Waals surface area contributed by atoms with Crippen LogP contribution in [0.25, 0.3) is 22.2 Å². The molecule has 6 rings (SSSR count). The lowest BCUT2D eigenvalue weighted by atomic mass is 10.1. The van der Waals surface area contributed by atoms with Crippen LogP contribution in [0.4, 0.5) is 23.0 Å². The van der Waals surface area contributed by atoms with Gasteiger partial charge in [-0.25, -0.2) is 9.97 Å². The summed E-state index contributed by atoms with van der Waals surface area (Å²) in [7, 11) is 3.56. The van der Waals surface area contributed by atoms with Gasteiger partial charge in [0.15, 0.2) is 0 Å². The van der Waals surface area contributed by atoms with Gasteiger partial charge in [0.05, 0.1) is 41.6 Å². The second kappa shape index (κ2) is 12.2. The Bertz CT molecular complexity index is 1590. The molecule has 42 heavy (non-hydrogen) atoms. The smallest absolute Gasteiger partial charge is 0.247 e. The second-order valence-electron chi connectivity index (χ2n) is 10.6. The molecule has 0 radical (unpaired) electrons. The Labute approximate surface area is 245 Å². The highest BCUT2D eigenvalue weighted by molar-refractivity contribution is 6.02. The van der Waals surface area contributed by atoms with Crippen molar-refractivity contribution in [3.05, 3.63) is 61.4 Å². The van der Waals surface area contributed by atoms with Crippen molar-refractivity contribution in [3.63, 3.8) is 0 Å². The van der Waals surface area contributed by atoms with Gasteiger partial charge in [0, 0.05) is 75.7 Å². The van der Waals surface area contributed by atoms with Crippen LogP contribution in [0.5, 0.6) is 5.75 Å². The van der Waals surface area contributed by atoms with Crippen molar-refractivity contribution in [1.82, 2.24) is 24.6 Å². The number of anilines is 4. The SMILES string of the molecule is C=CC(=O)Nc1cc(Nc2nccc(-c3ccc4c(cnn4C)c3)n2)c(OC)cc1N1CCN(C2CCOCC2)CC1. The van der Waals surface area contributed by atoms with Crippen molar-refractivity contribution in [2.75, 3.05) is 62.0 Å². The average Bonchev–Trinajstić information content (AvgIpc) is 3.41. The van der Waals surface area contributed by atoms with E-state index in [1.165, 1.54) is 6.08 Å². The normalized spacial score (nSPS) is 16.4. The molecule has 0 bridgehead atoms. The van der Waals surface area contributed by atoms with E-state index in [1.54, 1.807) is 13.3 Å². The van der Waals surface area contributed by atoms with E-state index in [2.05, 4.69) is 43.2 Å². The third-order valence-corrected chi connectivity index (χ3v) is 8.07. The number of benzene rings is 2. The number of carbonyl (C=O) groups is 1. The summed E-state index contributed by atoms with van der Waals surface area (Å²) in [5, 5.41) is 11.7. The lowest BCUT2D eigenvalue weighted by molar-refractivity contribution is -0.111. The average molecular weight is 569 g/mol. The largest absolute Gasteiger partial charge is 0.494 e. The van der Waals surface area contributed by atoms with Crippen LogP contribution in [0.1, 0.15) is 12.8 Å². The van der Waals surface area contributed by atoms with E-state index in [4.69, 9.17) is 14.5 Å². The molecule has 1 amide bonds. The summed E-state index contributed by atoms with van der Waals surface area (Å²) in [5.74, 6) is 0.757. The molecule has 0 atom stereocenters. The van der Waals surface area contributed by atoms with Gasteiger partial charge >= 0.3 is 0 Å². The van der Waals surface area contributed by atoms with Crippen molar-refractivity contribution in [3.8, 4) is 17.0 Å². The number of hydrogen-bond acceptors (Lipinski definition) is 9. The molecule has 2 aromatic carbocycles. The number of nitrogens with one attached hydrogen (secondary N) is 2. The number of aromatic nitrogens is 4. The monoisotopic (exact) mass is 568 g/mol. The number of rotatable bonds is 8. The van der Waals surface area contributed by atoms with Gasteiger partial charge in [-0.3, -0.25) is 14.4 Å². The van der Waals surface area contributed by atoms with Crippen LogP contribution >= 0.6 is 0 Å². The first kappa shape index (κ1) is 27.7. The molecule has 0 spiro atoms. The Hall–Kier alpha value is -4.48. The maximum Gasteiger partial charge on any atom is 0.247 e. The van der Waals surface area contributed by atoms with Crippen LogP contribution in [0, 0.1) is 0 Å². The highest BCUT2D eigenvalue weighted by atomic mass is 16.5. The second-order valence-corrected chi connectivity index (χ2v) is 10.6. The molecule has 0 aliphatic carbocycles. The van der Waals surface area contributed by atoms with Crippen molar-refractivity contribution in [2.45, 2.75) is 18.9 Å². The zero-order chi connectivity index (χ0) is 29.1. The molecule has 2 aliphatic rings. The Kier molecular flexibility index (Phi) is 8.02. The van der Waals surface area contributed by atoms with Gasteiger partial charge in [-0.05, 0) is 43.2 Å². The molecule has 2 aromatic heterocycles. The van der Waals surface area contributed by atoms with Crippen LogP contribution < -0.4 is 20.3 Å². The molecule has 218 valence electrons. The number of methoxy groups -OCH3 is 1. The van der Waals surface area contributed by atoms with Crippen LogP contribution in [-0.4, -0.2) is 83.1 Å². The van der Waals surface area contributed by atoms with Gasteiger partial charge in [0.1, 0.15) is 5.75 Å². The zero-order valence-electron chi connectivity index (χ0n) is 24.0. The zero-order valence-corrected chi connectivity index (χ0v) is 24.0. The molecule has 2 saturated heterocycles. The Morgan fingerprint density at radius 2 is 1.90 bits per heavy atom. The third-order valence-electron chi connectivity index (χ3n) is 8.07. The van der Waals surface area contributed by atoms with E-state index in [9.17, 15) is 4.79 Å². The molecular formula is C31H36N8O3. The summed E-state index contributed by atoms with van der Waals surface area (Å²) in [4.78, 5) is 26.5. The fraction of sp³-hybridized carbons (Fsp3) is 0.355.